The van der Waals surface area contributed by atoms with Crippen LogP contribution in [0, 0.1) is 0 Å². The van der Waals surface area contributed by atoms with E-state index in [9.17, 15) is 4.79 Å². The van der Waals surface area contributed by atoms with Crippen molar-refractivity contribution in [1.29, 1.82) is 0 Å². The van der Waals surface area contributed by atoms with Gasteiger partial charge >= 0.3 is 0 Å². The van der Waals surface area contributed by atoms with Gasteiger partial charge in [-0.1, -0.05) is 46.3 Å². The van der Waals surface area contributed by atoms with Gasteiger partial charge in [-0.25, -0.2) is 0 Å². The van der Waals surface area contributed by atoms with E-state index in [0.29, 0.717) is 17.7 Å². The van der Waals surface area contributed by atoms with E-state index in [1.54, 1.807) is 0 Å². The Morgan fingerprint density at radius 1 is 0.900 bits per heavy atom. The predicted molar refractivity (Wildman–Crippen MR) is 84.8 cm³/mol. The minimum absolute atomic E-state index is 0.0384. The van der Waals surface area contributed by atoms with Crippen LogP contribution in [-0.4, -0.2) is 17.7 Å². The molecule has 0 aliphatic rings. The molecule has 3 heteroatoms. The molecular formula is C17H17BrO2. The third-order valence-corrected chi connectivity index (χ3v) is 3.51. The highest BCUT2D eigenvalue weighted by Crippen LogP contribution is 2.15. The van der Waals surface area contributed by atoms with Gasteiger partial charge in [-0.3, -0.25) is 4.79 Å². The summed E-state index contributed by atoms with van der Waals surface area (Å²) in [7, 11) is 0. The minimum atomic E-state index is 0.0384. The number of hydrogen-bond donors (Lipinski definition) is 0. The normalized spacial score (nSPS) is 10.2. The van der Waals surface area contributed by atoms with Gasteiger partial charge in [0, 0.05) is 16.5 Å². The molecule has 20 heavy (non-hydrogen) atoms. The Morgan fingerprint density at radius 2 is 1.55 bits per heavy atom. The summed E-state index contributed by atoms with van der Waals surface area (Å²) < 4.78 is 5.62. The lowest BCUT2D eigenvalue weighted by atomic mass is 10.0. The van der Waals surface area contributed by atoms with Gasteiger partial charge in [-0.15, -0.1) is 0 Å². The maximum atomic E-state index is 12.2. The SMILES string of the molecule is O=C(c1ccccc1)c1ccc(OCCCCBr)cc1. The van der Waals surface area contributed by atoms with Crippen LogP contribution in [0.15, 0.2) is 54.6 Å². The van der Waals surface area contributed by atoms with E-state index < -0.39 is 0 Å². The molecule has 2 aromatic rings. The third kappa shape index (κ3) is 4.20. The van der Waals surface area contributed by atoms with Crippen LogP contribution in [0.2, 0.25) is 0 Å². The zero-order chi connectivity index (χ0) is 14.2. The number of alkyl halides is 1. The highest BCUT2D eigenvalue weighted by molar-refractivity contribution is 9.09. The molecule has 0 heterocycles. The first kappa shape index (κ1) is 14.8. The number of carbonyl (C=O) groups is 1. The molecule has 0 bridgehead atoms. The lowest BCUT2D eigenvalue weighted by Crippen LogP contribution is -2.01. The zero-order valence-electron chi connectivity index (χ0n) is 11.2. The summed E-state index contributed by atoms with van der Waals surface area (Å²) in [5, 5.41) is 1.00. The fourth-order valence-electron chi connectivity index (χ4n) is 1.85. The summed E-state index contributed by atoms with van der Waals surface area (Å²) >= 11 is 3.39. The standard InChI is InChI=1S/C17H17BrO2/c18-12-4-5-13-20-16-10-8-15(9-11-16)17(19)14-6-2-1-3-7-14/h1-3,6-11H,4-5,12-13H2. The lowest BCUT2D eigenvalue weighted by molar-refractivity contribution is 0.103. The molecule has 0 aliphatic heterocycles. The van der Waals surface area contributed by atoms with Crippen molar-refractivity contribution in [2.75, 3.05) is 11.9 Å². The third-order valence-electron chi connectivity index (χ3n) is 2.95. The summed E-state index contributed by atoms with van der Waals surface area (Å²) in [5.74, 6) is 0.848. The molecule has 0 saturated heterocycles. The number of unbranched alkanes of at least 4 members (excludes halogenated alkanes) is 1. The van der Waals surface area contributed by atoms with Crippen molar-refractivity contribution < 1.29 is 9.53 Å². The van der Waals surface area contributed by atoms with Crippen LogP contribution in [0.5, 0.6) is 5.75 Å². The van der Waals surface area contributed by atoms with Crippen LogP contribution >= 0.6 is 15.9 Å². The Balaban J connectivity index is 1.96. The van der Waals surface area contributed by atoms with Gasteiger partial charge in [0.25, 0.3) is 0 Å². The number of ether oxygens (including phenoxy) is 1. The average molecular weight is 333 g/mol. The molecule has 0 radical (unpaired) electrons. The van der Waals surface area contributed by atoms with Crippen LogP contribution in [0.3, 0.4) is 0 Å². The van der Waals surface area contributed by atoms with E-state index in [4.69, 9.17) is 4.74 Å². The molecule has 0 aromatic heterocycles. The first-order chi connectivity index (χ1) is 9.81. The Kier molecular flexibility index (Phi) is 5.81. The van der Waals surface area contributed by atoms with Crippen LogP contribution in [-0.2, 0) is 0 Å². The van der Waals surface area contributed by atoms with Crippen LogP contribution in [0.1, 0.15) is 28.8 Å². The average Bonchev–Trinajstić information content (AvgIpc) is 2.52. The van der Waals surface area contributed by atoms with Crippen LogP contribution < -0.4 is 4.74 Å². The van der Waals surface area contributed by atoms with Crippen molar-refractivity contribution in [3.05, 3.63) is 65.7 Å². The number of hydrogen-bond acceptors (Lipinski definition) is 2. The van der Waals surface area contributed by atoms with E-state index in [1.807, 2.05) is 54.6 Å². The van der Waals surface area contributed by atoms with Crippen LogP contribution in [0.25, 0.3) is 0 Å². The molecule has 0 N–H and O–H groups in total. The Hall–Kier alpha value is -1.61. The van der Waals surface area contributed by atoms with E-state index in [1.165, 1.54) is 0 Å². The minimum Gasteiger partial charge on any atom is -0.494 e. The second-order valence-electron chi connectivity index (χ2n) is 4.46. The molecule has 2 aromatic carbocycles. The molecule has 0 fully saturated rings. The topological polar surface area (TPSA) is 26.3 Å². The van der Waals surface area contributed by atoms with Gasteiger partial charge in [0.1, 0.15) is 5.75 Å². The molecule has 0 spiro atoms. The summed E-state index contributed by atoms with van der Waals surface area (Å²) in [6.07, 6.45) is 2.13. The van der Waals surface area contributed by atoms with Crippen molar-refractivity contribution >= 4 is 21.7 Å². The molecule has 0 amide bonds. The monoisotopic (exact) mass is 332 g/mol. The second-order valence-corrected chi connectivity index (χ2v) is 5.26. The molecule has 2 rings (SSSR count). The number of ketones is 1. The van der Waals surface area contributed by atoms with E-state index in [0.717, 1.165) is 23.9 Å². The maximum absolute atomic E-state index is 12.2. The van der Waals surface area contributed by atoms with E-state index in [-0.39, 0.29) is 5.78 Å². The molecular weight excluding hydrogens is 316 g/mol. The number of carbonyl (C=O) groups excluding carboxylic acids is 1. The van der Waals surface area contributed by atoms with Crippen molar-refractivity contribution in [2.45, 2.75) is 12.8 Å². The van der Waals surface area contributed by atoms with Crippen molar-refractivity contribution in [2.24, 2.45) is 0 Å². The van der Waals surface area contributed by atoms with Gasteiger partial charge in [0.15, 0.2) is 5.78 Å². The van der Waals surface area contributed by atoms with Gasteiger partial charge in [0.05, 0.1) is 6.61 Å². The largest absolute Gasteiger partial charge is 0.494 e. The van der Waals surface area contributed by atoms with Crippen molar-refractivity contribution in [1.82, 2.24) is 0 Å². The number of halogens is 1. The van der Waals surface area contributed by atoms with Gasteiger partial charge in [-0.05, 0) is 37.1 Å². The maximum Gasteiger partial charge on any atom is 0.193 e. The molecule has 2 nitrogen and oxygen atoms in total. The second kappa shape index (κ2) is 7.85. The van der Waals surface area contributed by atoms with Crippen molar-refractivity contribution in [3.8, 4) is 5.75 Å². The first-order valence-corrected chi connectivity index (χ1v) is 7.82. The molecule has 0 aliphatic carbocycles. The quantitative estimate of drug-likeness (QED) is 0.424. The first-order valence-electron chi connectivity index (χ1n) is 6.70. The Morgan fingerprint density at radius 3 is 2.20 bits per heavy atom. The summed E-state index contributed by atoms with van der Waals surface area (Å²) in [6.45, 7) is 0.706. The molecule has 0 saturated carbocycles. The fourth-order valence-corrected chi connectivity index (χ4v) is 2.24. The predicted octanol–water partition coefficient (Wildman–Crippen LogP) is 4.47. The van der Waals surface area contributed by atoms with E-state index in [2.05, 4.69) is 15.9 Å². The Bertz CT molecular complexity index is 535. The zero-order valence-corrected chi connectivity index (χ0v) is 12.8. The highest BCUT2D eigenvalue weighted by Gasteiger charge is 2.08. The van der Waals surface area contributed by atoms with E-state index >= 15 is 0 Å². The smallest absolute Gasteiger partial charge is 0.193 e. The summed E-state index contributed by atoms with van der Waals surface area (Å²) in [5.41, 5.74) is 1.39. The van der Waals surface area contributed by atoms with Gasteiger partial charge in [0.2, 0.25) is 0 Å². The van der Waals surface area contributed by atoms with Crippen LogP contribution in [0.4, 0.5) is 0 Å². The summed E-state index contributed by atoms with van der Waals surface area (Å²) in [4.78, 5) is 12.2. The number of benzene rings is 2. The lowest BCUT2D eigenvalue weighted by Gasteiger charge is -2.06. The molecule has 0 atom stereocenters. The molecule has 104 valence electrons. The van der Waals surface area contributed by atoms with Crippen molar-refractivity contribution in [3.63, 3.8) is 0 Å². The summed E-state index contributed by atoms with van der Waals surface area (Å²) in [6, 6.07) is 16.6. The number of rotatable bonds is 7. The fraction of sp³-hybridized carbons (Fsp3) is 0.235. The molecule has 0 unspecified atom stereocenters. The highest BCUT2D eigenvalue weighted by atomic mass is 79.9. The van der Waals surface area contributed by atoms with Gasteiger partial charge < -0.3 is 4.74 Å². The Labute approximate surface area is 127 Å². The van der Waals surface area contributed by atoms with Gasteiger partial charge in [-0.2, -0.15) is 0 Å².